The number of amides is 2. The predicted molar refractivity (Wildman–Crippen MR) is 133 cm³/mol. The molecule has 2 aromatic rings. The first-order valence-corrected chi connectivity index (χ1v) is 12.2. The number of hydrogen-bond donors (Lipinski definition) is 3. The molecule has 4 rings (SSSR count). The lowest BCUT2D eigenvalue weighted by Crippen LogP contribution is -2.54. The number of ether oxygens (including phenoxy) is 1. The maximum atomic E-state index is 12.9. The number of rotatable bonds is 8. The number of carboxylic acids is 1. The highest BCUT2D eigenvalue weighted by molar-refractivity contribution is 5.86. The number of nitrogens with one attached hydrogen (secondary N) is 2. The fourth-order valence-electron chi connectivity index (χ4n) is 5.23. The summed E-state index contributed by atoms with van der Waals surface area (Å²) in [6.07, 6.45) is 1.16. The first kappa shape index (κ1) is 24.8. The van der Waals surface area contributed by atoms with Crippen LogP contribution in [0.5, 0.6) is 0 Å². The standard InChI is InChI=1S/C28H34N2O5/c1-28(2,3)25(26(33)29-15-18-12-17(13-18)14-24(31)32)30-27(34)35-16-23-21-10-6-4-8-19(21)20-9-5-7-11-22(20)23/h4-11,17-18,23,25H,12-16H2,1-3H3,(H,29,33)(H,30,34)(H,31,32). The summed E-state index contributed by atoms with van der Waals surface area (Å²) in [6.45, 7) is 6.35. The molecule has 7 heteroatoms. The van der Waals surface area contributed by atoms with Gasteiger partial charge < -0.3 is 20.5 Å². The van der Waals surface area contributed by atoms with Gasteiger partial charge in [-0.05, 0) is 52.3 Å². The average molecular weight is 479 g/mol. The Morgan fingerprint density at radius 3 is 2.09 bits per heavy atom. The van der Waals surface area contributed by atoms with Gasteiger partial charge in [-0.25, -0.2) is 4.79 Å². The van der Waals surface area contributed by atoms with Gasteiger partial charge in [0.2, 0.25) is 5.91 Å². The third kappa shape index (κ3) is 5.66. The summed E-state index contributed by atoms with van der Waals surface area (Å²) in [7, 11) is 0. The molecule has 7 nitrogen and oxygen atoms in total. The van der Waals surface area contributed by atoms with Crippen molar-refractivity contribution in [3.05, 3.63) is 59.7 Å². The molecule has 186 valence electrons. The minimum absolute atomic E-state index is 0.0487. The highest BCUT2D eigenvalue weighted by atomic mass is 16.5. The molecular weight excluding hydrogens is 444 g/mol. The summed E-state index contributed by atoms with van der Waals surface area (Å²) in [5, 5.41) is 14.6. The van der Waals surface area contributed by atoms with Crippen LogP contribution in [0.4, 0.5) is 4.79 Å². The van der Waals surface area contributed by atoms with E-state index in [1.54, 1.807) is 0 Å². The molecule has 1 fully saturated rings. The second-order valence-electron chi connectivity index (χ2n) is 10.8. The van der Waals surface area contributed by atoms with Crippen molar-refractivity contribution >= 4 is 18.0 Å². The maximum Gasteiger partial charge on any atom is 0.407 e. The van der Waals surface area contributed by atoms with E-state index in [-0.39, 0.29) is 36.7 Å². The minimum Gasteiger partial charge on any atom is -0.481 e. The molecule has 0 spiro atoms. The van der Waals surface area contributed by atoms with Crippen LogP contribution in [-0.4, -0.2) is 42.3 Å². The zero-order chi connectivity index (χ0) is 25.2. The molecule has 1 saturated carbocycles. The van der Waals surface area contributed by atoms with Crippen molar-refractivity contribution in [2.75, 3.05) is 13.2 Å². The van der Waals surface area contributed by atoms with Crippen LogP contribution in [0.15, 0.2) is 48.5 Å². The van der Waals surface area contributed by atoms with Gasteiger partial charge in [-0.15, -0.1) is 0 Å². The summed E-state index contributed by atoms with van der Waals surface area (Å²) < 4.78 is 5.64. The van der Waals surface area contributed by atoms with Gasteiger partial charge in [-0.2, -0.15) is 0 Å². The molecule has 0 bridgehead atoms. The molecule has 0 aromatic heterocycles. The van der Waals surface area contributed by atoms with Gasteiger partial charge >= 0.3 is 12.1 Å². The Kier molecular flexibility index (Phi) is 7.15. The van der Waals surface area contributed by atoms with Crippen molar-refractivity contribution in [3.63, 3.8) is 0 Å². The summed E-state index contributed by atoms with van der Waals surface area (Å²) in [5.41, 5.74) is 4.07. The first-order valence-electron chi connectivity index (χ1n) is 12.2. The van der Waals surface area contributed by atoms with E-state index in [1.807, 2.05) is 45.0 Å². The van der Waals surface area contributed by atoms with Crippen LogP contribution in [-0.2, 0) is 14.3 Å². The Bertz CT molecular complexity index is 1060. The Morgan fingerprint density at radius 1 is 0.971 bits per heavy atom. The SMILES string of the molecule is CC(C)(C)C(NC(=O)OCC1c2ccccc2-c2ccccc21)C(=O)NCC1CC(CC(=O)O)C1. The lowest BCUT2D eigenvalue weighted by Gasteiger charge is -2.36. The zero-order valence-corrected chi connectivity index (χ0v) is 20.5. The minimum atomic E-state index is -0.780. The molecule has 2 amide bonds. The van der Waals surface area contributed by atoms with Crippen LogP contribution < -0.4 is 10.6 Å². The van der Waals surface area contributed by atoms with Gasteiger partial charge in [0.25, 0.3) is 0 Å². The number of hydrogen-bond acceptors (Lipinski definition) is 4. The molecular formula is C28H34N2O5. The second-order valence-corrected chi connectivity index (χ2v) is 10.8. The molecule has 2 aliphatic carbocycles. The topological polar surface area (TPSA) is 105 Å². The first-order chi connectivity index (χ1) is 16.6. The maximum absolute atomic E-state index is 12.9. The van der Waals surface area contributed by atoms with Gasteiger partial charge in [0, 0.05) is 18.9 Å². The third-order valence-electron chi connectivity index (χ3n) is 7.10. The average Bonchev–Trinajstić information content (AvgIpc) is 3.10. The highest BCUT2D eigenvalue weighted by Gasteiger charge is 2.36. The van der Waals surface area contributed by atoms with E-state index < -0.39 is 23.5 Å². The number of alkyl carbamates (subject to hydrolysis) is 1. The summed E-state index contributed by atoms with van der Waals surface area (Å²) >= 11 is 0. The van der Waals surface area contributed by atoms with Crippen molar-refractivity contribution in [1.82, 2.24) is 10.6 Å². The smallest absolute Gasteiger partial charge is 0.407 e. The van der Waals surface area contributed by atoms with Crippen LogP contribution in [0.25, 0.3) is 11.1 Å². The van der Waals surface area contributed by atoms with Crippen LogP contribution in [0, 0.1) is 17.3 Å². The molecule has 2 aromatic carbocycles. The highest BCUT2D eigenvalue weighted by Crippen LogP contribution is 2.44. The lowest BCUT2D eigenvalue weighted by molar-refractivity contribution is -0.139. The number of carbonyl (C=O) groups is 3. The molecule has 3 N–H and O–H groups in total. The summed E-state index contributed by atoms with van der Waals surface area (Å²) in [6, 6.07) is 15.5. The van der Waals surface area contributed by atoms with Gasteiger partial charge in [0.1, 0.15) is 12.6 Å². The fraction of sp³-hybridized carbons (Fsp3) is 0.464. The fourth-order valence-corrected chi connectivity index (χ4v) is 5.23. The molecule has 0 heterocycles. The van der Waals surface area contributed by atoms with Crippen molar-refractivity contribution < 1.29 is 24.2 Å². The zero-order valence-electron chi connectivity index (χ0n) is 20.5. The van der Waals surface area contributed by atoms with Crippen molar-refractivity contribution in [3.8, 4) is 11.1 Å². The Morgan fingerprint density at radius 2 is 1.54 bits per heavy atom. The third-order valence-corrected chi connectivity index (χ3v) is 7.10. The summed E-state index contributed by atoms with van der Waals surface area (Å²) in [5.74, 6) is -0.622. The molecule has 1 unspecified atom stereocenters. The molecule has 2 aliphatic rings. The van der Waals surface area contributed by atoms with Crippen LogP contribution >= 0.6 is 0 Å². The van der Waals surface area contributed by atoms with Crippen molar-refractivity contribution in [1.29, 1.82) is 0 Å². The van der Waals surface area contributed by atoms with E-state index in [2.05, 4.69) is 34.9 Å². The van der Waals surface area contributed by atoms with E-state index in [9.17, 15) is 14.4 Å². The lowest BCUT2D eigenvalue weighted by atomic mass is 9.73. The Hall–Kier alpha value is -3.35. The van der Waals surface area contributed by atoms with E-state index >= 15 is 0 Å². The van der Waals surface area contributed by atoms with Gasteiger partial charge in [0.15, 0.2) is 0 Å². The summed E-state index contributed by atoms with van der Waals surface area (Å²) in [4.78, 5) is 36.5. The van der Waals surface area contributed by atoms with E-state index in [0.29, 0.717) is 6.54 Å². The number of carbonyl (C=O) groups excluding carboxylic acids is 2. The Balaban J connectivity index is 1.32. The Labute approximate surface area is 206 Å². The molecule has 0 radical (unpaired) electrons. The molecule has 1 atom stereocenters. The van der Waals surface area contributed by atoms with Gasteiger partial charge in [-0.1, -0.05) is 69.3 Å². The van der Waals surface area contributed by atoms with Crippen molar-refractivity contribution in [2.24, 2.45) is 17.3 Å². The molecule has 0 saturated heterocycles. The molecule has 35 heavy (non-hydrogen) atoms. The number of fused-ring (bicyclic) bond motifs is 3. The number of benzene rings is 2. The molecule has 0 aliphatic heterocycles. The quantitative estimate of drug-likeness (QED) is 0.516. The number of aliphatic carboxylic acids is 1. The van der Waals surface area contributed by atoms with Crippen molar-refractivity contribution in [2.45, 2.75) is 52.0 Å². The van der Waals surface area contributed by atoms with Crippen LogP contribution in [0.3, 0.4) is 0 Å². The monoisotopic (exact) mass is 478 g/mol. The normalized spacial score (nSPS) is 19.6. The predicted octanol–water partition coefficient (Wildman–Crippen LogP) is 4.56. The second kappa shape index (κ2) is 10.1. The largest absolute Gasteiger partial charge is 0.481 e. The van der Waals surface area contributed by atoms with Gasteiger partial charge in [-0.3, -0.25) is 9.59 Å². The van der Waals surface area contributed by atoms with E-state index in [0.717, 1.165) is 35.1 Å². The van der Waals surface area contributed by atoms with E-state index in [4.69, 9.17) is 9.84 Å². The van der Waals surface area contributed by atoms with Gasteiger partial charge in [0.05, 0.1) is 0 Å². The number of carboxylic acid groups (broad SMARTS) is 1. The van der Waals surface area contributed by atoms with Crippen LogP contribution in [0.2, 0.25) is 0 Å². The van der Waals surface area contributed by atoms with E-state index in [1.165, 1.54) is 0 Å². The van der Waals surface area contributed by atoms with Crippen LogP contribution in [0.1, 0.15) is 57.1 Å².